The van der Waals surface area contributed by atoms with E-state index in [0.29, 0.717) is 18.6 Å². The van der Waals surface area contributed by atoms with Crippen LogP contribution < -0.4 is 5.43 Å². The topological polar surface area (TPSA) is 35.5 Å². The molecule has 1 aliphatic heterocycles. The van der Waals surface area contributed by atoms with Gasteiger partial charge in [0.2, 0.25) is 0 Å². The van der Waals surface area contributed by atoms with Crippen molar-refractivity contribution < 1.29 is 9.50 Å². The Morgan fingerprint density at radius 3 is 2.42 bits per heavy atom. The number of nitrogens with one attached hydrogen (secondary N) is 1. The van der Waals surface area contributed by atoms with Gasteiger partial charge in [0.1, 0.15) is 5.82 Å². The zero-order chi connectivity index (χ0) is 13.8. The number of rotatable bonds is 4. The molecule has 1 saturated heterocycles. The van der Waals surface area contributed by atoms with Gasteiger partial charge in [0.25, 0.3) is 0 Å². The molecule has 0 aliphatic carbocycles. The Morgan fingerprint density at radius 1 is 1.26 bits per heavy atom. The molecule has 19 heavy (non-hydrogen) atoms. The molecule has 3 unspecified atom stereocenters. The van der Waals surface area contributed by atoms with Crippen LogP contribution in [0.5, 0.6) is 0 Å². The summed E-state index contributed by atoms with van der Waals surface area (Å²) >= 11 is 0. The summed E-state index contributed by atoms with van der Waals surface area (Å²) in [7, 11) is 0. The van der Waals surface area contributed by atoms with E-state index in [1.165, 1.54) is 31.4 Å². The van der Waals surface area contributed by atoms with Crippen molar-refractivity contribution in [2.75, 3.05) is 6.54 Å². The van der Waals surface area contributed by atoms with Crippen LogP contribution >= 0.6 is 0 Å². The van der Waals surface area contributed by atoms with Crippen molar-refractivity contribution in [3.8, 4) is 0 Å². The van der Waals surface area contributed by atoms with E-state index in [0.717, 1.165) is 5.56 Å². The summed E-state index contributed by atoms with van der Waals surface area (Å²) in [5.41, 5.74) is 4.07. The summed E-state index contributed by atoms with van der Waals surface area (Å²) in [5, 5.41) is 12.3. The first-order valence-corrected chi connectivity index (χ1v) is 7.03. The molecule has 0 amide bonds. The van der Waals surface area contributed by atoms with Gasteiger partial charge in [0.05, 0.1) is 6.10 Å². The molecule has 0 aromatic heterocycles. The number of hydrogen-bond acceptors (Lipinski definition) is 3. The average Bonchev–Trinajstić information content (AvgIpc) is 2.38. The van der Waals surface area contributed by atoms with E-state index in [4.69, 9.17) is 0 Å². The predicted octanol–water partition coefficient (Wildman–Crippen LogP) is 2.63. The Hall–Kier alpha value is -0.970. The van der Waals surface area contributed by atoms with Crippen LogP contribution in [0.4, 0.5) is 4.39 Å². The van der Waals surface area contributed by atoms with E-state index >= 15 is 0 Å². The summed E-state index contributed by atoms with van der Waals surface area (Å²) < 4.78 is 12.8. The molecule has 0 bridgehead atoms. The Labute approximate surface area is 114 Å². The molecule has 0 spiro atoms. The zero-order valence-electron chi connectivity index (χ0n) is 11.6. The van der Waals surface area contributed by atoms with E-state index in [1.54, 1.807) is 12.1 Å². The second-order valence-electron chi connectivity index (χ2n) is 5.47. The second-order valence-corrected chi connectivity index (χ2v) is 5.47. The third kappa shape index (κ3) is 3.75. The smallest absolute Gasteiger partial charge is 0.123 e. The number of aliphatic hydroxyl groups excluding tert-OH is 1. The van der Waals surface area contributed by atoms with E-state index in [9.17, 15) is 9.50 Å². The predicted molar refractivity (Wildman–Crippen MR) is 74.0 cm³/mol. The summed E-state index contributed by atoms with van der Waals surface area (Å²) in [6.45, 7) is 4.86. The number of benzene rings is 1. The van der Waals surface area contributed by atoms with E-state index in [2.05, 4.69) is 24.3 Å². The first kappa shape index (κ1) is 14.4. The summed E-state index contributed by atoms with van der Waals surface area (Å²) in [6.07, 6.45) is 3.02. The standard InChI is InChI=1S/C15H23FN2O/c1-11-4-3-5-12(2)18(11)17-10-15(19)13-6-8-14(16)9-7-13/h6-9,11-12,15,17,19H,3-5,10H2,1-2H3. The molecule has 1 aromatic carbocycles. The summed E-state index contributed by atoms with van der Waals surface area (Å²) in [5.74, 6) is -0.276. The number of hydrazine groups is 1. The van der Waals surface area contributed by atoms with Gasteiger partial charge in [-0.3, -0.25) is 5.43 Å². The molecule has 2 rings (SSSR count). The molecule has 4 heteroatoms. The minimum atomic E-state index is -0.609. The molecule has 0 saturated carbocycles. The van der Waals surface area contributed by atoms with Gasteiger partial charge in [-0.25, -0.2) is 9.40 Å². The minimum absolute atomic E-state index is 0.276. The Kier molecular flexibility index (Phi) is 4.91. The molecular weight excluding hydrogens is 243 g/mol. The van der Waals surface area contributed by atoms with Gasteiger partial charge < -0.3 is 5.11 Å². The van der Waals surface area contributed by atoms with Crippen molar-refractivity contribution in [1.29, 1.82) is 0 Å². The second kappa shape index (κ2) is 6.46. The number of piperidine rings is 1. The third-order valence-corrected chi connectivity index (χ3v) is 3.92. The van der Waals surface area contributed by atoms with Crippen LogP contribution in [-0.4, -0.2) is 28.7 Å². The molecule has 1 heterocycles. The maximum atomic E-state index is 12.8. The molecule has 1 aliphatic rings. The maximum Gasteiger partial charge on any atom is 0.123 e. The van der Waals surface area contributed by atoms with E-state index in [-0.39, 0.29) is 5.82 Å². The van der Waals surface area contributed by atoms with Crippen LogP contribution in [0.25, 0.3) is 0 Å². The lowest BCUT2D eigenvalue weighted by Crippen LogP contribution is -2.52. The van der Waals surface area contributed by atoms with Crippen LogP contribution in [0.3, 0.4) is 0 Å². The number of aliphatic hydroxyl groups is 1. The van der Waals surface area contributed by atoms with Gasteiger partial charge in [-0.1, -0.05) is 18.6 Å². The van der Waals surface area contributed by atoms with Crippen molar-refractivity contribution in [3.63, 3.8) is 0 Å². The molecular formula is C15H23FN2O. The largest absolute Gasteiger partial charge is 0.387 e. The van der Waals surface area contributed by atoms with Crippen LogP contribution in [0.15, 0.2) is 24.3 Å². The molecule has 106 valence electrons. The molecule has 3 atom stereocenters. The maximum absolute atomic E-state index is 12.8. The third-order valence-electron chi connectivity index (χ3n) is 3.92. The van der Waals surface area contributed by atoms with Crippen LogP contribution in [0, 0.1) is 5.82 Å². The quantitative estimate of drug-likeness (QED) is 0.879. The van der Waals surface area contributed by atoms with Crippen molar-refractivity contribution in [1.82, 2.24) is 10.4 Å². The number of nitrogens with zero attached hydrogens (tertiary/aromatic N) is 1. The first-order valence-electron chi connectivity index (χ1n) is 7.03. The van der Waals surface area contributed by atoms with Crippen LogP contribution in [0.2, 0.25) is 0 Å². The summed E-state index contributed by atoms with van der Waals surface area (Å²) in [4.78, 5) is 0. The first-order chi connectivity index (χ1) is 9.08. The summed E-state index contributed by atoms with van der Waals surface area (Å²) in [6, 6.07) is 7.00. The molecule has 1 aromatic rings. The highest BCUT2D eigenvalue weighted by Crippen LogP contribution is 2.21. The monoisotopic (exact) mass is 266 g/mol. The SMILES string of the molecule is CC1CCCC(C)N1NCC(O)c1ccc(F)cc1. The highest BCUT2D eigenvalue weighted by molar-refractivity contribution is 5.18. The van der Waals surface area contributed by atoms with Crippen molar-refractivity contribution in [3.05, 3.63) is 35.6 Å². The number of hydrogen-bond donors (Lipinski definition) is 2. The van der Waals surface area contributed by atoms with Crippen LogP contribution in [-0.2, 0) is 0 Å². The van der Waals surface area contributed by atoms with Crippen molar-refractivity contribution in [2.45, 2.75) is 51.3 Å². The molecule has 2 N–H and O–H groups in total. The minimum Gasteiger partial charge on any atom is -0.387 e. The molecule has 3 nitrogen and oxygen atoms in total. The molecule has 1 fully saturated rings. The fourth-order valence-electron chi connectivity index (χ4n) is 2.73. The molecule has 0 radical (unpaired) electrons. The van der Waals surface area contributed by atoms with Gasteiger partial charge in [0.15, 0.2) is 0 Å². The van der Waals surface area contributed by atoms with Gasteiger partial charge in [-0.05, 0) is 44.4 Å². The zero-order valence-corrected chi connectivity index (χ0v) is 11.6. The Morgan fingerprint density at radius 2 is 1.84 bits per heavy atom. The van der Waals surface area contributed by atoms with E-state index < -0.39 is 6.10 Å². The highest BCUT2D eigenvalue weighted by atomic mass is 19.1. The average molecular weight is 266 g/mol. The van der Waals surface area contributed by atoms with E-state index in [1.807, 2.05) is 0 Å². The van der Waals surface area contributed by atoms with Crippen molar-refractivity contribution >= 4 is 0 Å². The lowest BCUT2D eigenvalue weighted by atomic mass is 10.00. The Balaban J connectivity index is 1.88. The van der Waals surface area contributed by atoms with Gasteiger partial charge in [0, 0.05) is 18.6 Å². The fraction of sp³-hybridized carbons (Fsp3) is 0.600. The number of halogens is 1. The lowest BCUT2D eigenvalue weighted by molar-refractivity contribution is 0.0262. The van der Waals surface area contributed by atoms with Crippen molar-refractivity contribution in [2.24, 2.45) is 0 Å². The lowest BCUT2D eigenvalue weighted by Gasteiger charge is -2.39. The van der Waals surface area contributed by atoms with Gasteiger partial charge >= 0.3 is 0 Å². The normalized spacial score (nSPS) is 26.3. The van der Waals surface area contributed by atoms with Gasteiger partial charge in [-0.2, -0.15) is 0 Å². The van der Waals surface area contributed by atoms with Crippen LogP contribution in [0.1, 0.15) is 44.8 Å². The fourth-order valence-corrected chi connectivity index (χ4v) is 2.73. The Bertz CT molecular complexity index is 386. The van der Waals surface area contributed by atoms with Gasteiger partial charge in [-0.15, -0.1) is 0 Å². The highest BCUT2D eigenvalue weighted by Gasteiger charge is 2.24.